The fourth-order valence-electron chi connectivity index (χ4n) is 3.64. The quantitative estimate of drug-likeness (QED) is 0.324. The average molecular weight is 537 g/mol. The molecule has 2 N–H and O–H groups in total. The van der Waals surface area contributed by atoms with Gasteiger partial charge in [0.15, 0.2) is 0 Å². The summed E-state index contributed by atoms with van der Waals surface area (Å²) in [5.74, 6) is -1.27. The highest BCUT2D eigenvalue weighted by Crippen LogP contribution is 2.23. The van der Waals surface area contributed by atoms with Crippen molar-refractivity contribution in [2.75, 3.05) is 5.32 Å². The van der Waals surface area contributed by atoms with Crippen LogP contribution in [0.5, 0.6) is 11.6 Å². The van der Waals surface area contributed by atoms with Gasteiger partial charge in [0, 0.05) is 16.9 Å². The van der Waals surface area contributed by atoms with Crippen molar-refractivity contribution in [2.24, 2.45) is 5.92 Å². The van der Waals surface area contributed by atoms with Crippen LogP contribution >= 0.6 is 11.6 Å². The van der Waals surface area contributed by atoms with Gasteiger partial charge < -0.3 is 15.2 Å². The van der Waals surface area contributed by atoms with E-state index in [0.717, 1.165) is 10.1 Å². The second kappa shape index (κ2) is 11.3. The molecule has 0 aliphatic heterocycles. The molecule has 0 bridgehead atoms. The van der Waals surface area contributed by atoms with E-state index in [-0.39, 0.29) is 12.5 Å². The van der Waals surface area contributed by atoms with Crippen molar-refractivity contribution in [1.29, 1.82) is 0 Å². The van der Waals surface area contributed by atoms with Crippen LogP contribution in [0.25, 0.3) is 0 Å². The number of aliphatic carboxylic acids is 1. The van der Waals surface area contributed by atoms with Crippen LogP contribution in [-0.4, -0.2) is 35.2 Å². The van der Waals surface area contributed by atoms with Gasteiger partial charge in [0.2, 0.25) is 11.8 Å². The first-order valence-electron chi connectivity index (χ1n) is 11.7. The Morgan fingerprint density at radius 3 is 2.37 bits per heavy atom. The predicted molar refractivity (Wildman–Crippen MR) is 141 cm³/mol. The first-order chi connectivity index (χ1) is 18.1. The van der Waals surface area contributed by atoms with Crippen molar-refractivity contribution >= 4 is 29.2 Å². The van der Waals surface area contributed by atoms with E-state index in [1.54, 1.807) is 61.7 Å². The first-order valence-corrected chi connectivity index (χ1v) is 12.0. The number of nitrogens with one attached hydrogen (secondary N) is 1. The molecule has 12 heteroatoms. The van der Waals surface area contributed by atoms with E-state index < -0.39 is 29.3 Å². The van der Waals surface area contributed by atoms with Crippen LogP contribution in [0.15, 0.2) is 70.5 Å². The minimum atomic E-state index is -1.13. The first kappa shape index (κ1) is 26.6. The summed E-state index contributed by atoms with van der Waals surface area (Å²) in [7, 11) is 0. The minimum absolute atomic E-state index is 0.000373. The van der Waals surface area contributed by atoms with Gasteiger partial charge in [-0.25, -0.2) is 19.1 Å². The highest BCUT2D eigenvalue weighted by molar-refractivity contribution is 6.30. The zero-order valence-corrected chi connectivity index (χ0v) is 21.6. The summed E-state index contributed by atoms with van der Waals surface area (Å²) in [5, 5.41) is 13.0. The molecule has 0 saturated carbocycles. The maximum absolute atomic E-state index is 13.5. The fourth-order valence-corrected chi connectivity index (χ4v) is 3.77. The van der Waals surface area contributed by atoms with Gasteiger partial charge in [-0.1, -0.05) is 23.7 Å². The van der Waals surface area contributed by atoms with Gasteiger partial charge in [0.25, 0.3) is 0 Å². The summed E-state index contributed by atoms with van der Waals surface area (Å²) in [6.45, 7) is 4.80. The number of aryl methyl sites for hydroxylation is 1. The number of carbonyl (C=O) groups is 1. The predicted octanol–water partition coefficient (Wildman–Crippen LogP) is 4.02. The van der Waals surface area contributed by atoms with Gasteiger partial charge in [-0.15, -0.1) is 0 Å². The lowest BCUT2D eigenvalue weighted by Gasteiger charge is -2.21. The van der Waals surface area contributed by atoms with Gasteiger partial charge in [0.1, 0.15) is 5.75 Å². The van der Waals surface area contributed by atoms with Gasteiger partial charge in [-0.3, -0.25) is 14.3 Å². The fraction of sp³-hybridized carbons (Fsp3) is 0.231. The Morgan fingerprint density at radius 2 is 1.74 bits per heavy atom. The van der Waals surface area contributed by atoms with Gasteiger partial charge in [0.05, 0.1) is 30.4 Å². The number of halogens is 1. The molecule has 2 aromatic carbocycles. The number of rotatable bonds is 9. The molecule has 0 saturated heterocycles. The number of aromatic nitrogens is 5. The van der Waals surface area contributed by atoms with E-state index in [0.29, 0.717) is 28.0 Å². The molecular formula is C26H25ClN6O5. The standard InChI is InChI=1S/C26H25ClN6O5/c1-15-12-28-13-22(29-15)38-21-10-8-20(9-11-21)30-24-31-25(36)33(17(3)16(2)23(34)35)26(37)32(24)14-18-4-6-19(27)7-5-18/h4-13,16-17H,14H2,1-3H3,(H,34,35)(H,30,31,36)/t16-,17+/m1/s1. The molecule has 0 fully saturated rings. The SMILES string of the molecule is Cc1cncc(Oc2ccc(Nc3nc(=O)n([C@@H](C)[C@@H](C)C(=O)O)c(=O)n3Cc3ccc(Cl)cc3)cc2)n1. The molecule has 0 aliphatic rings. The highest BCUT2D eigenvalue weighted by Gasteiger charge is 2.26. The Bertz CT molecular complexity index is 1570. The van der Waals surface area contributed by atoms with E-state index in [1.807, 2.05) is 0 Å². The molecule has 2 aromatic heterocycles. The molecule has 2 heterocycles. The summed E-state index contributed by atoms with van der Waals surface area (Å²) in [6.07, 6.45) is 3.12. The lowest BCUT2D eigenvalue weighted by molar-refractivity contribution is -0.142. The van der Waals surface area contributed by atoms with Crippen molar-refractivity contribution in [2.45, 2.75) is 33.4 Å². The van der Waals surface area contributed by atoms with Gasteiger partial charge in [-0.05, 0) is 62.7 Å². The van der Waals surface area contributed by atoms with Crippen LogP contribution in [0.2, 0.25) is 5.02 Å². The number of ether oxygens (including phenoxy) is 1. The minimum Gasteiger partial charge on any atom is -0.481 e. The largest absolute Gasteiger partial charge is 0.481 e. The number of hydrogen-bond acceptors (Lipinski definition) is 8. The van der Waals surface area contributed by atoms with Crippen LogP contribution in [0.3, 0.4) is 0 Å². The van der Waals surface area contributed by atoms with Crippen molar-refractivity contribution in [3.8, 4) is 11.6 Å². The molecule has 0 spiro atoms. The van der Waals surface area contributed by atoms with Crippen molar-refractivity contribution in [3.05, 3.63) is 98.2 Å². The molecule has 4 rings (SSSR count). The number of anilines is 2. The maximum Gasteiger partial charge on any atom is 0.355 e. The van der Waals surface area contributed by atoms with Crippen LogP contribution in [0, 0.1) is 12.8 Å². The Labute approximate surface area is 222 Å². The molecular weight excluding hydrogens is 512 g/mol. The Hall–Kier alpha value is -4.51. The maximum atomic E-state index is 13.5. The van der Waals surface area contributed by atoms with Crippen LogP contribution < -0.4 is 21.4 Å². The number of carboxylic acid groups (broad SMARTS) is 1. The number of hydrogen-bond donors (Lipinski definition) is 2. The molecule has 196 valence electrons. The third-order valence-electron chi connectivity index (χ3n) is 5.94. The third-order valence-corrected chi connectivity index (χ3v) is 6.19. The number of nitrogens with zero attached hydrogens (tertiary/aromatic N) is 5. The lowest BCUT2D eigenvalue weighted by Crippen LogP contribution is -2.46. The molecule has 2 atom stereocenters. The number of carboxylic acids is 1. The molecule has 0 unspecified atom stereocenters. The van der Waals surface area contributed by atoms with E-state index in [9.17, 15) is 19.5 Å². The normalized spacial score (nSPS) is 12.5. The zero-order chi connectivity index (χ0) is 27.4. The molecule has 0 amide bonds. The van der Waals surface area contributed by atoms with Crippen LogP contribution in [0.4, 0.5) is 11.6 Å². The second-order valence-corrected chi connectivity index (χ2v) is 9.14. The molecule has 11 nitrogen and oxygen atoms in total. The van der Waals surface area contributed by atoms with Crippen molar-refractivity contribution in [1.82, 2.24) is 24.1 Å². The summed E-state index contributed by atoms with van der Waals surface area (Å²) >= 11 is 6.00. The topological polar surface area (TPSA) is 141 Å². The molecule has 0 aliphatic carbocycles. The molecule has 4 aromatic rings. The second-order valence-electron chi connectivity index (χ2n) is 8.70. The smallest absolute Gasteiger partial charge is 0.355 e. The van der Waals surface area contributed by atoms with Crippen LogP contribution in [-0.2, 0) is 11.3 Å². The molecule has 38 heavy (non-hydrogen) atoms. The van der Waals surface area contributed by atoms with E-state index in [4.69, 9.17) is 16.3 Å². The Morgan fingerprint density at radius 1 is 1.05 bits per heavy atom. The molecule has 0 radical (unpaired) electrons. The van der Waals surface area contributed by atoms with Gasteiger partial charge >= 0.3 is 17.3 Å². The van der Waals surface area contributed by atoms with E-state index in [2.05, 4.69) is 20.3 Å². The monoisotopic (exact) mass is 536 g/mol. The summed E-state index contributed by atoms with van der Waals surface area (Å²) < 4.78 is 7.86. The highest BCUT2D eigenvalue weighted by atomic mass is 35.5. The number of benzene rings is 2. The summed E-state index contributed by atoms with van der Waals surface area (Å²) in [5.41, 5.74) is 0.429. The summed E-state index contributed by atoms with van der Waals surface area (Å²) in [6, 6.07) is 12.7. The van der Waals surface area contributed by atoms with Crippen molar-refractivity contribution < 1.29 is 14.6 Å². The van der Waals surface area contributed by atoms with E-state index in [1.165, 1.54) is 24.6 Å². The Kier molecular flexibility index (Phi) is 7.87. The summed E-state index contributed by atoms with van der Waals surface area (Å²) in [4.78, 5) is 50.3. The van der Waals surface area contributed by atoms with Crippen LogP contribution in [0.1, 0.15) is 31.1 Å². The average Bonchev–Trinajstić information content (AvgIpc) is 2.88. The zero-order valence-electron chi connectivity index (χ0n) is 20.8. The van der Waals surface area contributed by atoms with E-state index >= 15 is 0 Å². The van der Waals surface area contributed by atoms with Gasteiger partial charge in [-0.2, -0.15) is 4.98 Å². The lowest BCUT2D eigenvalue weighted by atomic mass is 10.0. The Balaban J connectivity index is 1.69. The third kappa shape index (κ3) is 6.06. The van der Waals surface area contributed by atoms with Crippen molar-refractivity contribution in [3.63, 3.8) is 0 Å².